The Labute approximate surface area is 210 Å². The minimum atomic E-state index is -0.445. The Morgan fingerprint density at radius 1 is 1.11 bits per heavy atom. The van der Waals surface area contributed by atoms with E-state index >= 15 is 0 Å². The molecule has 35 heavy (non-hydrogen) atoms. The first-order valence-corrected chi connectivity index (χ1v) is 12.0. The van der Waals surface area contributed by atoms with Crippen molar-refractivity contribution in [1.29, 1.82) is 0 Å². The maximum atomic E-state index is 13.6. The summed E-state index contributed by atoms with van der Waals surface area (Å²) in [7, 11) is 4.75. The molecule has 0 spiro atoms. The first kappa shape index (κ1) is 25.0. The predicted octanol–water partition coefficient (Wildman–Crippen LogP) is 3.92. The maximum absolute atomic E-state index is 13.6. The third-order valence-corrected chi connectivity index (χ3v) is 6.61. The van der Waals surface area contributed by atoms with Gasteiger partial charge in [0, 0.05) is 42.1 Å². The van der Waals surface area contributed by atoms with Crippen molar-refractivity contribution in [3.8, 4) is 11.5 Å². The van der Waals surface area contributed by atoms with Crippen LogP contribution in [0.25, 0.3) is 0 Å². The lowest BCUT2D eigenvalue weighted by molar-refractivity contribution is -0.142. The van der Waals surface area contributed by atoms with Gasteiger partial charge >= 0.3 is 0 Å². The van der Waals surface area contributed by atoms with Gasteiger partial charge in [0.2, 0.25) is 5.91 Å². The van der Waals surface area contributed by atoms with Crippen LogP contribution in [0.3, 0.4) is 0 Å². The fourth-order valence-corrected chi connectivity index (χ4v) is 4.48. The van der Waals surface area contributed by atoms with Gasteiger partial charge < -0.3 is 19.1 Å². The van der Waals surface area contributed by atoms with Crippen molar-refractivity contribution in [2.75, 3.05) is 41.0 Å². The van der Waals surface area contributed by atoms with Crippen LogP contribution >= 0.6 is 11.6 Å². The number of hydrogen-bond acceptors (Lipinski definition) is 6. The van der Waals surface area contributed by atoms with E-state index in [2.05, 4.69) is 0 Å². The summed E-state index contributed by atoms with van der Waals surface area (Å²) in [6.45, 7) is 0.618. The third kappa shape index (κ3) is 5.60. The first-order chi connectivity index (χ1) is 17.0. The van der Waals surface area contributed by atoms with Crippen LogP contribution in [0.5, 0.6) is 11.5 Å². The summed E-state index contributed by atoms with van der Waals surface area (Å²) in [6.07, 6.45) is 2.16. The zero-order valence-electron chi connectivity index (χ0n) is 20.2. The molecular weight excluding hydrogens is 470 g/mol. The highest BCUT2D eigenvalue weighted by molar-refractivity contribution is 6.34. The minimum Gasteiger partial charge on any atom is -0.497 e. The Morgan fingerprint density at radius 3 is 2.54 bits per heavy atom. The number of hydrogen-bond donors (Lipinski definition) is 0. The number of carbonyl (C=O) groups is 2. The van der Waals surface area contributed by atoms with Crippen LogP contribution in [-0.2, 0) is 14.3 Å². The smallest absolute Gasteiger partial charge is 0.262 e. The Kier molecular flexibility index (Phi) is 7.93. The summed E-state index contributed by atoms with van der Waals surface area (Å²) in [5.74, 6) is 0.960. The number of carbonyl (C=O) groups excluding carboxylic acids is 2. The summed E-state index contributed by atoms with van der Waals surface area (Å²) in [6, 6.07) is 12.4. The zero-order chi connectivity index (χ0) is 24.9. The molecule has 2 aromatic carbocycles. The Balaban J connectivity index is 1.68. The topological polar surface area (TPSA) is 80.7 Å². The van der Waals surface area contributed by atoms with Gasteiger partial charge in [-0.15, -0.1) is 0 Å². The molecule has 1 saturated carbocycles. The highest BCUT2D eigenvalue weighted by Gasteiger charge is 2.39. The van der Waals surface area contributed by atoms with E-state index in [1.165, 1.54) is 5.01 Å². The molecule has 4 rings (SSSR count). The third-order valence-electron chi connectivity index (χ3n) is 6.28. The van der Waals surface area contributed by atoms with Gasteiger partial charge in [-0.3, -0.25) is 9.59 Å². The number of nitrogens with zero attached hydrogens (tertiary/aromatic N) is 3. The van der Waals surface area contributed by atoms with E-state index in [0.29, 0.717) is 41.8 Å². The quantitative estimate of drug-likeness (QED) is 0.495. The van der Waals surface area contributed by atoms with Crippen molar-refractivity contribution in [1.82, 2.24) is 9.91 Å². The molecule has 1 atom stereocenters. The molecule has 1 aliphatic heterocycles. The zero-order valence-corrected chi connectivity index (χ0v) is 21.0. The predicted molar refractivity (Wildman–Crippen MR) is 133 cm³/mol. The molecule has 0 saturated heterocycles. The van der Waals surface area contributed by atoms with Crippen molar-refractivity contribution in [2.45, 2.75) is 25.3 Å². The van der Waals surface area contributed by atoms with Crippen LogP contribution < -0.4 is 9.47 Å². The van der Waals surface area contributed by atoms with E-state index in [1.807, 2.05) is 30.3 Å². The van der Waals surface area contributed by atoms with Crippen LogP contribution in [-0.4, -0.2) is 68.5 Å². The van der Waals surface area contributed by atoms with Gasteiger partial charge in [0.05, 0.1) is 32.6 Å². The molecule has 2 amide bonds. The van der Waals surface area contributed by atoms with Crippen LogP contribution in [0.2, 0.25) is 5.02 Å². The Morgan fingerprint density at radius 2 is 1.89 bits per heavy atom. The number of benzene rings is 2. The molecular formula is C26H30ClN3O5. The average Bonchev–Trinajstić information content (AvgIpc) is 3.64. The second kappa shape index (κ2) is 11.1. The summed E-state index contributed by atoms with van der Waals surface area (Å²) in [5, 5.41) is 6.72. The number of ether oxygens (including phenoxy) is 3. The van der Waals surface area contributed by atoms with Crippen LogP contribution in [0, 0.1) is 5.92 Å². The molecule has 9 heteroatoms. The van der Waals surface area contributed by atoms with E-state index in [0.717, 1.165) is 24.0 Å². The van der Waals surface area contributed by atoms with Gasteiger partial charge in [0.15, 0.2) is 0 Å². The molecule has 186 valence electrons. The van der Waals surface area contributed by atoms with Gasteiger partial charge in [0.1, 0.15) is 18.0 Å². The molecule has 1 heterocycles. The first-order valence-electron chi connectivity index (χ1n) is 11.6. The van der Waals surface area contributed by atoms with E-state index in [4.69, 9.17) is 30.9 Å². The molecule has 1 unspecified atom stereocenters. The summed E-state index contributed by atoms with van der Waals surface area (Å²) >= 11 is 6.46. The standard InChI is InChI=1S/C26H30ClN3O5/c1-33-13-12-29(26(32)17-8-9-17)16-25(31)30-23(20-14-18(34-2)10-11-24(20)35-3)15-22(28-30)19-6-4-5-7-21(19)27/h4-7,10-11,14,17,23H,8-9,12-13,15-16H2,1-3H3. The van der Waals surface area contributed by atoms with Gasteiger partial charge in [-0.1, -0.05) is 29.8 Å². The van der Waals surface area contributed by atoms with Gasteiger partial charge in [0.25, 0.3) is 5.91 Å². The van der Waals surface area contributed by atoms with E-state index in [9.17, 15) is 9.59 Å². The number of halogens is 1. The molecule has 0 N–H and O–H groups in total. The van der Waals surface area contributed by atoms with Crippen molar-refractivity contribution >= 4 is 29.1 Å². The van der Waals surface area contributed by atoms with Crippen LogP contribution in [0.1, 0.15) is 36.4 Å². The normalized spacial score (nSPS) is 17.2. The summed E-state index contributed by atoms with van der Waals surface area (Å²) < 4.78 is 16.2. The molecule has 2 aromatic rings. The lowest BCUT2D eigenvalue weighted by atomic mass is 9.97. The molecule has 0 radical (unpaired) electrons. The number of rotatable bonds is 10. The molecule has 0 aromatic heterocycles. The lowest BCUT2D eigenvalue weighted by Gasteiger charge is -2.27. The molecule has 0 bridgehead atoms. The van der Waals surface area contributed by atoms with Gasteiger partial charge in [-0.25, -0.2) is 5.01 Å². The number of hydrazone groups is 1. The van der Waals surface area contributed by atoms with Crippen molar-refractivity contribution in [2.24, 2.45) is 11.0 Å². The van der Waals surface area contributed by atoms with E-state index in [-0.39, 0.29) is 24.3 Å². The van der Waals surface area contributed by atoms with Crippen LogP contribution in [0.4, 0.5) is 0 Å². The molecule has 2 aliphatic rings. The number of methoxy groups -OCH3 is 3. The maximum Gasteiger partial charge on any atom is 0.262 e. The monoisotopic (exact) mass is 499 g/mol. The van der Waals surface area contributed by atoms with Crippen molar-refractivity contribution in [3.05, 3.63) is 58.6 Å². The Bertz CT molecular complexity index is 1120. The van der Waals surface area contributed by atoms with Gasteiger partial charge in [-0.05, 0) is 37.1 Å². The van der Waals surface area contributed by atoms with Gasteiger partial charge in [-0.2, -0.15) is 5.10 Å². The van der Waals surface area contributed by atoms with E-state index < -0.39 is 6.04 Å². The highest BCUT2D eigenvalue weighted by Crippen LogP contribution is 2.40. The average molecular weight is 500 g/mol. The summed E-state index contributed by atoms with van der Waals surface area (Å²) in [4.78, 5) is 28.1. The summed E-state index contributed by atoms with van der Waals surface area (Å²) in [5.41, 5.74) is 2.22. The number of amides is 2. The SMILES string of the molecule is COCCN(CC(=O)N1N=C(c2ccccc2Cl)CC1c1cc(OC)ccc1OC)C(=O)C1CC1. The second-order valence-electron chi connectivity index (χ2n) is 8.62. The van der Waals surface area contributed by atoms with E-state index in [1.54, 1.807) is 38.4 Å². The van der Waals surface area contributed by atoms with Crippen LogP contribution in [0.15, 0.2) is 47.6 Å². The second-order valence-corrected chi connectivity index (χ2v) is 9.03. The highest BCUT2D eigenvalue weighted by atomic mass is 35.5. The molecule has 1 aliphatic carbocycles. The largest absolute Gasteiger partial charge is 0.497 e. The Hall–Kier alpha value is -3.10. The minimum absolute atomic E-state index is 0.00491. The fraction of sp³-hybridized carbons (Fsp3) is 0.423. The molecule has 8 nitrogen and oxygen atoms in total. The van der Waals surface area contributed by atoms with Crippen molar-refractivity contribution < 1.29 is 23.8 Å². The lowest BCUT2D eigenvalue weighted by Crippen LogP contribution is -2.43. The molecule has 1 fully saturated rings. The van der Waals surface area contributed by atoms with Crippen molar-refractivity contribution in [3.63, 3.8) is 0 Å². The fourth-order valence-electron chi connectivity index (χ4n) is 4.23.